The van der Waals surface area contributed by atoms with Crippen LogP contribution >= 0.6 is 0 Å². The normalized spacial score (nSPS) is 32.7. The van der Waals surface area contributed by atoms with Crippen molar-refractivity contribution >= 4 is 5.97 Å². The Morgan fingerprint density at radius 2 is 2.06 bits per heavy atom. The summed E-state index contributed by atoms with van der Waals surface area (Å²) in [7, 11) is 2.07. The highest BCUT2D eigenvalue weighted by molar-refractivity contribution is 5.69. The van der Waals surface area contributed by atoms with Crippen molar-refractivity contribution < 1.29 is 9.90 Å². The molecular formula is C13H25NO2. The van der Waals surface area contributed by atoms with E-state index in [0.717, 1.165) is 5.92 Å². The fourth-order valence-electron chi connectivity index (χ4n) is 2.95. The second-order valence-corrected chi connectivity index (χ2v) is 5.64. The molecule has 0 radical (unpaired) electrons. The predicted octanol–water partition coefficient (Wildman–Crippen LogP) is 2.46. The number of hydrogen-bond donors (Lipinski definition) is 1. The molecule has 1 aliphatic carbocycles. The Bertz CT molecular complexity index is 242. The minimum absolute atomic E-state index is 0.267. The lowest BCUT2D eigenvalue weighted by molar-refractivity contribution is -0.142. The van der Waals surface area contributed by atoms with E-state index in [1.807, 2.05) is 0 Å². The molecule has 1 aliphatic rings. The lowest BCUT2D eigenvalue weighted by atomic mass is 9.79. The van der Waals surface area contributed by atoms with Gasteiger partial charge >= 0.3 is 5.97 Å². The number of hydrogen-bond acceptors (Lipinski definition) is 2. The highest BCUT2D eigenvalue weighted by atomic mass is 16.4. The molecule has 4 atom stereocenters. The van der Waals surface area contributed by atoms with Gasteiger partial charge in [-0.3, -0.25) is 4.79 Å². The van der Waals surface area contributed by atoms with E-state index in [-0.39, 0.29) is 5.92 Å². The van der Waals surface area contributed by atoms with E-state index in [1.54, 1.807) is 6.92 Å². The predicted molar refractivity (Wildman–Crippen MR) is 65.4 cm³/mol. The first-order chi connectivity index (χ1) is 7.41. The van der Waals surface area contributed by atoms with E-state index in [0.29, 0.717) is 18.5 Å². The number of aliphatic carboxylic acids is 1. The van der Waals surface area contributed by atoms with Gasteiger partial charge in [0.15, 0.2) is 0 Å². The first kappa shape index (κ1) is 13.5. The molecule has 3 nitrogen and oxygen atoms in total. The second kappa shape index (κ2) is 5.67. The van der Waals surface area contributed by atoms with Gasteiger partial charge in [0.2, 0.25) is 0 Å². The van der Waals surface area contributed by atoms with Crippen LogP contribution in [0, 0.1) is 17.8 Å². The maximum absolute atomic E-state index is 10.8. The van der Waals surface area contributed by atoms with Gasteiger partial charge in [0.1, 0.15) is 0 Å². The molecule has 1 fully saturated rings. The minimum Gasteiger partial charge on any atom is -0.481 e. The number of carboxylic acids is 1. The van der Waals surface area contributed by atoms with E-state index in [9.17, 15) is 4.79 Å². The third-order valence-electron chi connectivity index (χ3n) is 3.94. The molecule has 16 heavy (non-hydrogen) atoms. The topological polar surface area (TPSA) is 40.5 Å². The molecule has 0 heterocycles. The molecule has 0 saturated heterocycles. The Balaban J connectivity index is 2.47. The molecule has 0 amide bonds. The van der Waals surface area contributed by atoms with Crippen molar-refractivity contribution in [3.63, 3.8) is 0 Å². The fourth-order valence-corrected chi connectivity index (χ4v) is 2.95. The van der Waals surface area contributed by atoms with E-state index < -0.39 is 5.97 Å². The Hall–Kier alpha value is -0.570. The molecule has 0 aromatic rings. The van der Waals surface area contributed by atoms with Gasteiger partial charge in [0.25, 0.3) is 0 Å². The molecule has 3 heteroatoms. The first-order valence-corrected chi connectivity index (χ1v) is 6.34. The standard InChI is InChI=1S/C13H25NO2/c1-9-5-6-12(10(2)7-9)14(4)8-11(3)13(15)16/h9-12H,5-8H2,1-4H3,(H,15,16). The van der Waals surface area contributed by atoms with Gasteiger partial charge in [-0.2, -0.15) is 0 Å². The van der Waals surface area contributed by atoms with E-state index in [4.69, 9.17) is 5.11 Å². The molecule has 0 bridgehead atoms. The first-order valence-electron chi connectivity index (χ1n) is 6.34. The summed E-state index contributed by atoms with van der Waals surface area (Å²) in [5, 5.41) is 8.91. The number of carboxylic acid groups (broad SMARTS) is 1. The number of rotatable bonds is 4. The van der Waals surface area contributed by atoms with Crippen LogP contribution in [0.15, 0.2) is 0 Å². The molecule has 1 N–H and O–H groups in total. The van der Waals surface area contributed by atoms with Crippen molar-refractivity contribution in [2.45, 2.75) is 46.1 Å². The number of carbonyl (C=O) groups is 1. The summed E-state index contributed by atoms with van der Waals surface area (Å²) in [6.45, 7) is 7.06. The van der Waals surface area contributed by atoms with Gasteiger partial charge in [0, 0.05) is 12.6 Å². The van der Waals surface area contributed by atoms with Crippen LogP contribution in [-0.4, -0.2) is 35.6 Å². The summed E-state index contributed by atoms with van der Waals surface area (Å²) >= 11 is 0. The third-order valence-corrected chi connectivity index (χ3v) is 3.94. The molecule has 1 saturated carbocycles. The smallest absolute Gasteiger partial charge is 0.307 e. The molecule has 1 rings (SSSR count). The van der Waals surface area contributed by atoms with Gasteiger partial charge < -0.3 is 10.0 Å². The summed E-state index contributed by atoms with van der Waals surface area (Å²) in [5.41, 5.74) is 0. The maximum atomic E-state index is 10.8. The molecular weight excluding hydrogens is 202 g/mol. The van der Waals surface area contributed by atoms with Crippen molar-refractivity contribution in [2.24, 2.45) is 17.8 Å². The summed E-state index contributed by atoms with van der Waals surface area (Å²) in [5.74, 6) is 0.562. The summed E-state index contributed by atoms with van der Waals surface area (Å²) in [4.78, 5) is 13.1. The van der Waals surface area contributed by atoms with Crippen LogP contribution in [0.25, 0.3) is 0 Å². The quantitative estimate of drug-likeness (QED) is 0.802. The SMILES string of the molecule is CC1CCC(N(C)CC(C)C(=O)O)C(C)C1. The Kier molecular flexibility index (Phi) is 4.78. The number of nitrogens with zero attached hydrogens (tertiary/aromatic N) is 1. The third kappa shape index (κ3) is 3.48. The highest BCUT2D eigenvalue weighted by Crippen LogP contribution is 2.31. The van der Waals surface area contributed by atoms with Gasteiger partial charge in [-0.1, -0.05) is 20.8 Å². The Labute approximate surface area is 98.8 Å². The zero-order valence-electron chi connectivity index (χ0n) is 10.9. The van der Waals surface area contributed by atoms with Crippen molar-refractivity contribution in [1.82, 2.24) is 4.90 Å². The molecule has 4 unspecified atom stereocenters. The largest absolute Gasteiger partial charge is 0.481 e. The average molecular weight is 227 g/mol. The molecule has 0 aromatic carbocycles. The zero-order valence-corrected chi connectivity index (χ0v) is 10.9. The molecule has 0 aliphatic heterocycles. The molecule has 0 spiro atoms. The van der Waals surface area contributed by atoms with E-state index in [1.165, 1.54) is 19.3 Å². The maximum Gasteiger partial charge on any atom is 0.307 e. The molecule has 94 valence electrons. The minimum atomic E-state index is -0.691. The zero-order chi connectivity index (χ0) is 12.3. The summed E-state index contributed by atoms with van der Waals surface area (Å²) < 4.78 is 0. The highest BCUT2D eigenvalue weighted by Gasteiger charge is 2.29. The summed E-state index contributed by atoms with van der Waals surface area (Å²) in [6, 6.07) is 0.568. The molecule has 0 aromatic heterocycles. The van der Waals surface area contributed by atoms with Gasteiger partial charge in [-0.25, -0.2) is 0 Å². The second-order valence-electron chi connectivity index (χ2n) is 5.64. The van der Waals surface area contributed by atoms with Crippen molar-refractivity contribution in [1.29, 1.82) is 0 Å². The fraction of sp³-hybridized carbons (Fsp3) is 0.923. The van der Waals surface area contributed by atoms with Crippen LogP contribution in [0.3, 0.4) is 0 Å². The van der Waals surface area contributed by atoms with Gasteiger partial charge in [-0.15, -0.1) is 0 Å². The van der Waals surface area contributed by atoms with E-state index in [2.05, 4.69) is 25.8 Å². The Morgan fingerprint density at radius 3 is 2.56 bits per heavy atom. The average Bonchev–Trinajstić information content (AvgIpc) is 2.16. The van der Waals surface area contributed by atoms with Gasteiger partial charge in [-0.05, 0) is 38.1 Å². The van der Waals surface area contributed by atoms with Crippen LogP contribution in [0.1, 0.15) is 40.0 Å². The van der Waals surface area contributed by atoms with Gasteiger partial charge in [0.05, 0.1) is 5.92 Å². The van der Waals surface area contributed by atoms with Crippen LogP contribution < -0.4 is 0 Å². The van der Waals surface area contributed by atoms with Crippen molar-refractivity contribution in [3.05, 3.63) is 0 Å². The van der Waals surface area contributed by atoms with Crippen molar-refractivity contribution in [2.75, 3.05) is 13.6 Å². The van der Waals surface area contributed by atoms with Crippen LogP contribution in [0.2, 0.25) is 0 Å². The lowest BCUT2D eigenvalue weighted by Gasteiger charge is -2.39. The van der Waals surface area contributed by atoms with Crippen LogP contribution in [-0.2, 0) is 4.79 Å². The Morgan fingerprint density at radius 1 is 1.44 bits per heavy atom. The van der Waals surface area contributed by atoms with Crippen LogP contribution in [0.5, 0.6) is 0 Å². The monoisotopic (exact) mass is 227 g/mol. The van der Waals surface area contributed by atoms with Crippen molar-refractivity contribution in [3.8, 4) is 0 Å². The summed E-state index contributed by atoms with van der Waals surface area (Å²) in [6.07, 6.45) is 3.77. The lowest BCUT2D eigenvalue weighted by Crippen LogP contribution is -2.43. The van der Waals surface area contributed by atoms with Crippen LogP contribution in [0.4, 0.5) is 0 Å². The van der Waals surface area contributed by atoms with E-state index >= 15 is 0 Å².